The number of aromatic nitrogens is 2. The Kier molecular flexibility index (Phi) is 5.10. The summed E-state index contributed by atoms with van der Waals surface area (Å²) in [5.74, 6) is -0.860. The number of hydrogen-bond acceptors (Lipinski definition) is 7. The summed E-state index contributed by atoms with van der Waals surface area (Å²) in [7, 11) is 0. The third-order valence-corrected chi connectivity index (χ3v) is 3.92. The van der Waals surface area contributed by atoms with Crippen molar-refractivity contribution in [1.29, 1.82) is 0 Å². The van der Waals surface area contributed by atoms with Crippen LogP contribution in [0, 0.1) is 5.92 Å². The average molecular weight is 310 g/mol. The van der Waals surface area contributed by atoms with E-state index in [0.717, 1.165) is 18.2 Å². The Bertz CT molecular complexity index is 547. The normalized spacial score (nSPS) is 26.5. The molecule has 0 spiro atoms. The number of carboxylic acids is 2. The molecule has 3 aliphatic heterocycles. The van der Waals surface area contributed by atoms with Crippen molar-refractivity contribution in [3.8, 4) is 0 Å². The topological polar surface area (TPSA) is 143 Å². The van der Waals surface area contributed by atoms with Gasteiger partial charge < -0.3 is 20.8 Å². The molecule has 120 valence electrons. The van der Waals surface area contributed by atoms with Gasteiger partial charge in [0.1, 0.15) is 5.69 Å². The zero-order valence-corrected chi connectivity index (χ0v) is 11.9. The molecule has 4 rings (SSSR count). The Balaban J connectivity index is 0.000000192. The lowest BCUT2D eigenvalue weighted by molar-refractivity contribution is -0.134. The van der Waals surface area contributed by atoms with Crippen LogP contribution in [0.15, 0.2) is 16.8 Å². The van der Waals surface area contributed by atoms with Crippen LogP contribution in [0.5, 0.6) is 0 Å². The van der Waals surface area contributed by atoms with E-state index in [4.69, 9.17) is 15.9 Å². The van der Waals surface area contributed by atoms with Crippen molar-refractivity contribution in [3.05, 3.63) is 17.8 Å². The minimum Gasteiger partial charge on any atom is -0.478 e. The third-order valence-electron chi connectivity index (χ3n) is 3.92. The molecule has 22 heavy (non-hydrogen) atoms. The van der Waals surface area contributed by atoms with Crippen LogP contribution in [-0.2, 0) is 9.59 Å². The van der Waals surface area contributed by atoms with Gasteiger partial charge in [-0.05, 0) is 37.0 Å². The quantitative estimate of drug-likeness (QED) is 0.665. The fourth-order valence-corrected chi connectivity index (χ4v) is 2.88. The number of rotatable bonds is 3. The van der Waals surface area contributed by atoms with Crippen LogP contribution in [0.1, 0.15) is 24.5 Å². The van der Waals surface area contributed by atoms with Crippen LogP contribution in [-0.4, -0.2) is 57.0 Å². The summed E-state index contributed by atoms with van der Waals surface area (Å²) in [4.78, 5) is 21.6. The van der Waals surface area contributed by atoms with Gasteiger partial charge in [0, 0.05) is 24.6 Å². The van der Waals surface area contributed by atoms with Crippen LogP contribution in [0.4, 0.5) is 5.82 Å². The van der Waals surface area contributed by atoms with Crippen molar-refractivity contribution in [3.63, 3.8) is 0 Å². The van der Waals surface area contributed by atoms with Crippen LogP contribution in [0.25, 0.3) is 0 Å². The maximum atomic E-state index is 9.55. The number of nitrogens with two attached hydrogens (primary N) is 1. The van der Waals surface area contributed by atoms with Crippen LogP contribution in [0.3, 0.4) is 0 Å². The molecule has 1 unspecified atom stereocenters. The van der Waals surface area contributed by atoms with Gasteiger partial charge in [0.25, 0.3) is 0 Å². The Morgan fingerprint density at radius 2 is 1.77 bits per heavy atom. The summed E-state index contributed by atoms with van der Waals surface area (Å²) in [6.45, 7) is 3.53. The molecule has 3 saturated heterocycles. The second-order valence-electron chi connectivity index (χ2n) is 5.29. The first-order valence-electron chi connectivity index (χ1n) is 6.91. The summed E-state index contributed by atoms with van der Waals surface area (Å²) in [5.41, 5.74) is 6.59. The maximum Gasteiger partial charge on any atom is 0.328 e. The number of nitrogen functional groups attached to an aromatic ring is 1. The molecule has 9 nitrogen and oxygen atoms in total. The first-order chi connectivity index (χ1) is 10.5. The number of carboxylic acid groups (broad SMARTS) is 2. The molecule has 1 aromatic heterocycles. The van der Waals surface area contributed by atoms with Crippen LogP contribution in [0.2, 0.25) is 0 Å². The third kappa shape index (κ3) is 4.04. The molecule has 0 aliphatic carbocycles. The molecular weight excluding hydrogens is 292 g/mol. The standard InChI is InChI=1S/C9H14N4O.C4H4O4/c10-9-8(11-14-12-9)7-5-13-3-1-6(7)2-4-13;5-3(6)1-2-4(7)8/h6-7H,1-5H2,(H2,10,12);1-2H,(H,5,6)(H,7,8). The monoisotopic (exact) mass is 310 g/mol. The highest BCUT2D eigenvalue weighted by Gasteiger charge is 2.37. The minimum atomic E-state index is -1.26. The van der Waals surface area contributed by atoms with E-state index in [9.17, 15) is 9.59 Å². The summed E-state index contributed by atoms with van der Waals surface area (Å²) in [6.07, 6.45) is 3.64. The number of fused-ring (bicyclic) bond motifs is 3. The molecule has 9 heteroatoms. The van der Waals surface area contributed by atoms with E-state index in [1.807, 2.05) is 0 Å². The van der Waals surface area contributed by atoms with Gasteiger partial charge in [0.15, 0.2) is 5.82 Å². The number of piperidine rings is 3. The molecule has 4 N–H and O–H groups in total. The van der Waals surface area contributed by atoms with Gasteiger partial charge in [-0.15, -0.1) is 0 Å². The fourth-order valence-electron chi connectivity index (χ4n) is 2.88. The molecule has 0 saturated carbocycles. The van der Waals surface area contributed by atoms with Gasteiger partial charge in [0.05, 0.1) is 0 Å². The maximum absolute atomic E-state index is 9.55. The van der Waals surface area contributed by atoms with Crippen molar-refractivity contribution in [1.82, 2.24) is 15.2 Å². The van der Waals surface area contributed by atoms with E-state index < -0.39 is 11.9 Å². The second-order valence-corrected chi connectivity index (χ2v) is 5.29. The van der Waals surface area contributed by atoms with Gasteiger partial charge in [-0.25, -0.2) is 14.2 Å². The van der Waals surface area contributed by atoms with Crippen molar-refractivity contribution in [2.75, 3.05) is 25.4 Å². The Morgan fingerprint density at radius 1 is 1.18 bits per heavy atom. The van der Waals surface area contributed by atoms with Crippen molar-refractivity contribution >= 4 is 17.8 Å². The van der Waals surface area contributed by atoms with E-state index in [2.05, 4.69) is 19.8 Å². The van der Waals surface area contributed by atoms with Gasteiger partial charge in [-0.1, -0.05) is 5.16 Å². The molecule has 0 radical (unpaired) electrons. The number of aliphatic carboxylic acids is 2. The molecule has 0 aromatic carbocycles. The first kappa shape index (κ1) is 16.0. The van der Waals surface area contributed by atoms with Crippen LogP contribution >= 0.6 is 0 Å². The smallest absolute Gasteiger partial charge is 0.328 e. The molecule has 0 amide bonds. The SMILES string of the molecule is Nc1nonc1C1CN2CCC1CC2.O=C(O)C=CC(=O)O. The van der Waals surface area contributed by atoms with E-state index >= 15 is 0 Å². The predicted molar refractivity (Wildman–Crippen MR) is 75.0 cm³/mol. The molecule has 2 bridgehead atoms. The zero-order valence-electron chi connectivity index (χ0n) is 11.9. The Hall–Kier alpha value is -2.42. The second kappa shape index (κ2) is 7.03. The molecule has 4 heterocycles. The lowest BCUT2D eigenvalue weighted by Crippen LogP contribution is -2.46. The number of nitrogens with zero attached hydrogens (tertiary/aromatic N) is 3. The van der Waals surface area contributed by atoms with Gasteiger partial charge in [-0.3, -0.25) is 0 Å². The summed E-state index contributed by atoms with van der Waals surface area (Å²) in [5, 5.41) is 23.2. The van der Waals surface area contributed by atoms with E-state index in [-0.39, 0.29) is 0 Å². The average Bonchev–Trinajstić information content (AvgIpc) is 2.93. The highest BCUT2D eigenvalue weighted by atomic mass is 16.6. The fraction of sp³-hybridized carbons (Fsp3) is 0.538. The Morgan fingerprint density at radius 3 is 2.14 bits per heavy atom. The van der Waals surface area contributed by atoms with E-state index in [1.165, 1.54) is 25.9 Å². The number of anilines is 1. The predicted octanol–water partition coefficient (Wildman–Crippen LogP) is 0.173. The number of carbonyl (C=O) groups is 2. The van der Waals surface area contributed by atoms with Gasteiger partial charge >= 0.3 is 11.9 Å². The van der Waals surface area contributed by atoms with Crippen molar-refractivity contribution in [2.24, 2.45) is 5.92 Å². The highest BCUT2D eigenvalue weighted by Crippen LogP contribution is 2.39. The molecule has 1 aromatic rings. The summed E-state index contributed by atoms with van der Waals surface area (Å²) in [6, 6.07) is 0. The van der Waals surface area contributed by atoms with Gasteiger partial charge in [0.2, 0.25) is 0 Å². The van der Waals surface area contributed by atoms with Crippen molar-refractivity contribution in [2.45, 2.75) is 18.8 Å². The first-order valence-corrected chi connectivity index (χ1v) is 6.91. The minimum absolute atomic E-state index is 0.448. The van der Waals surface area contributed by atoms with Crippen molar-refractivity contribution < 1.29 is 24.4 Å². The van der Waals surface area contributed by atoms with E-state index in [0.29, 0.717) is 23.9 Å². The summed E-state index contributed by atoms with van der Waals surface area (Å²) < 4.78 is 4.66. The Labute approximate surface area is 126 Å². The molecule has 1 atom stereocenters. The largest absolute Gasteiger partial charge is 0.478 e. The lowest BCUT2D eigenvalue weighted by Gasteiger charge is -2.43. The molecular formula is C13H18N4O5. The lowest BCUT2D eigenvalue weighted by atomic mass is 9.77. The van der Waals surface area contributed by atoms with Gasteiger partial charge in [-0.2, -0.15) is 0 Å². The van der Waals surface area contributed by atoms with Crippen LogP contribution < -0.4 is 5.73 Å². The van der Waals surface area contributed by atoms with E-state index in [1.54, 1.807) is 0 Å². The highest BCUT2D eigenvalue weighted by molar-refractivity contribution is 5.89. The molecule has 3 aliphatic rings. The zero-order chi connectivity index (χ0) is 16.1. The summed E-state index contributed by atoms with van der Waals surface area (Å²) >= 11 is 0. The number of hydrogen-bond donors (Lipinski definition) is 3. The molecule has 3 fully saturated rings.